The maximum atomic E-state index is 13.8. The van der Waals surface area contributed by atoms with E-state index in [0.717, 1.165) is 55.7 Å². The third-order valence-corrected chi connectivity index (χ3v) is 9.11. The van der Waals surface area contributed by atoms with Crippen LogP contribution in [0.1, 0.15) is 48.1 Å². The van der Waals surface area contributed by atoms with Crippen molar-refractivity contribution in [3.8, 4) is 12.1 Å². The van der Waals surface area contributed by atoms with Crippen LogP contribution in [-0.4, -0.2) is 77.6 Å². The summed E-state index contributed by atoms with van der Waals surface area (Å²) in [4.78, 5) is 28.2. The molecule has 2 saturated heterocycles. The Hall–Kier alpha value is -3.77. The van der Waals surface area contributed by atoms with Gasteiger partial charge in [-0.1, -0.05) is 43.0 Å². The van der Waals surface area contributed by atoms with E-state index in [4.69, 9.17) is 14.7 Å². The fourth-order valence-electron chi connectivity index (χ4n) is 6.88. The van der Waals surface area contributed by atoms with Gasteiger partial charge in [0.05, 0.1) is 24.2 Å². The van der Waals surface area contributed by atoms with E-state index in [0.29, 0.717) is 31.7 Å². The second kappa shape index (κ2) is 10.7. The summed E-state index contributed by atoms with van der Waals surface area (Å²) in [5.41, 5.74) is 4.58. The van der Waals surface area contributed by atoms with Gasteiger partial charge in [0.2, 0.25) is 0 Å². The fourth-order valence-corrected chi connectivity index (χ4v) is 6.88. The number of anilines is 1. The van der Waals surface area contributed by atoms with E-state index in [1.165, 1.54) is 16.0 Å². The van der Waals surface area contributed by atoms with Crippen molar-refractivity contribution >= 4 is 17.8 Å². The molecule has 6 rings (SSSR count). The smallest absolute Gasteiger partial charge is 0.318 e. The molecule has 3 heterocycles. The van der Waals surface area contributed by atoms with Crippen molar-refractivity contribution in [2.75, 3.05) is 44.7 Å². The second-order valence-electron chi connectivity index (χ2n) is 11.5. The van der Waals surface area contributed by atoms with Crippen LogP contribution in [0.3, 0.4) is 0 Å². The number of piperazine rings is 1. The van der Waals surface area contributed by atoms with E-state index in [1.807, 2.05) is 0 Å². The quantitative estimate of drug-likeness (QED) is 0.513. The average Bonchev–Trinajstić information content (AvgIpc) is 3.54. The number of hydrogen-bond acceptors (Lipinski definition) is 7. The van der Waals surface area contributed by atoms with Crippen molar-refractivity contribution in [1.82, 2.24) is 19.8 Å². The number of amides is 1. The van der Waals surface area contributed by atoms with Crippen molar-refractivity contribution in [3.63, 3.8) is 0 Å². The number of nitriles is 1. The molecule has 208 valence electrons. The number of rotatable bonds is 6. The van der Waals surface area contributed by atoms with Crippen LogP contribution in [0.15, 0.2) is 42.7 Å². The summed E-state index contributed by atoms with van der Waals surface area (Å²) in [5.74, 6) is -0.944. The van der Waals surface area contributed by atoms with E-state index in [2.05, 4.69) is 65.9 Å². The van der Waals surface area contributed by atoms with Gasteiger partial charge < -0.3 is 19.4 Å². The summed E-state index contributed by atoms with van der Waals surface area (Å²) in [6.45, 7) is 5.92. The van der Waals surface area contributed by atoms with Gasteiger partial charge in [-0.05, 0) is 50.4 Å². The first-order chi connectivity index (χ1) is 19.4. The number of benzene rings is 1. The zero-order chi connectivity index (χ0) is 27.9. The van der Waals surface area contributed by atoms with Crippen LogP contribution in [0.4, 0.5) is 10.2 Å². The largest absolute Gasteiger partial charge is 0.462 e. The summed E-state index contributed by atoms with van der Waals surface area (Å²) < 4.78 is 20.0. The molecule has 1 unspecified atom stereocenters. The number of allylic oxidation sites excluding steroid dienone is 1. The third-order valence-electron chi connectivity index (χ3n) is 9.11. The first-order valence-electron chi connectivity index (χ1n) is 14.2. The molecule has 40 heavy (non-hydrogen) atoms. The SMILES string of the molecule is C=C(F)C(=O)N1CCN(c2nc(OC[C@@H]3CCCN3C)nc3c2CCC2(C=Cc4ccccc42)C3)C[C@@H]1CC#N. The standard InChI is InChI=1S/C31H35FN6O2/c1-21(32)29(39)38-17-16-37(19-23(38)11-14-33)28-25-10-13-31(12-9-22-6-3-4-8-26(22)31)18-27(25)34-30(35-28)40-20-24-7-5-15-36(24)2/h3-4,6,8-9,12,23-24H,1,5,7,10-11,13,15-20H2,2H3/t23-,24-,31?/m0/s1. The number of likely N-dealkylation sites (tertiary alicyclic amines) is 1. The number of carbonyl (C=O) groups excluding carboxylic acids is 1. The Labute approximate surface area is 234 Å². The predicted octanol–water partition coefficient (Wildman–Crippen LogP) is 3.82. The van der Waals surface area contributed by atoms with Gasteiger partial charge in [-0.2, -0.15) is 15.2 Å². The van der Waals surface area contributed by atoms with Crippen molar-refractivity contribution in [3.05, 3.63) is 65.1 Å². The number of carbonyl (C=O) groups is 1. The zero-order valence-corrected chi connectivity index (χ0v) is 23.0. The van der Waals surface area contributed by atoms with Crippen LogP contribution < -0.4 is 9.64 Å². The molecule has 2 aliphatic heterocycles. The maximum Gasteiger partial charge on any atom is 0.318 e. The molecule has 9 heteroatoms. The summed E-state index contributed by atoms with van der Waals surface area (Å²) in [6.07, 6.45) is 9.40. The Morgan fingerprint density at radius 2 is 2.10 bits per heavy atom. The first kappa shape index (κ1) is 26.5. The minimum Gasteiger partial charge on any atom is -0.462 e. The van der Waals surface area contributed by atoms with Gasteiger partial charge >= 0.3 is 6.01 Å². The Balaban J connectivity index is 1.33. The van der Waals surface area contributed by atoms with Crippen molar-refractivity contribution in [2.24, 2.45) is 0 Å². The van der Waals surface area contributed by atoms with Crippen molar-refractivity contribution < 1.29 is 13.9 Å². The Bertz CT molecular complexity index is 1400. The molecule has 1 amide bonds. The summed E-state index contributed by atoms with van der Waals surface area (Å²) in [7, 11) is 2.12. The number of halogens is 1. The van der Waals surface area contributed by atoms with Gasteiger partial charge in [0, 0.05) is 43.1 Å². The molecule has 3 atom stereocenters. The number of aromatic nitrogens is 2. The van der Waals surface area contributed by atoms with E-state index in [1.54, 1.807) is 0 Å². The van der Waals surface area contributed by atoms with Crippen LogP contribution in [0.25, 0.3) is 6.08 Å². The third kappa shape index (κ3) is 4.75. The molecule has 8 nitrogen and oxygen atoms in total. The Kier molecular flexibility index (Phi) is 7.05. The highest BCUT2D eigenvalue weighted by Gasteiger charge is 2.41. The number of ether oxygens (including phenoxy) is 1. The minimum atomic E-state index is -1.00. The molecule has 2 aliphatic carbocycles. The van der Waals surface area contributed by atoms with Crippen LogP contribution >= 0.6 is 0 Å². The van der Waals surface area contributed by atoms with Crippen molar-refractivity contribution in [1.29, 1.82) is 5.26 Å². The highest BCUT2D eigenvalue weighted by Crippen LogP contribution is 2.46. The van der Waals surface area contributed by atoms with Gasteiger partial charge in [0.25, 0.3) is 5.91 Å². The van der Waals surface area contributed by atoms with Crippen LogP contribution in [0, 0.1) is 11.3 Å². The van der Waals surface area contributed by atoms with E-state index >= 15 is 0 Å². The van der Waals surface area contributed by atoms with Gasteiger partial charge in [-0.25, -0.2) is 4.39 Å². The van der Waals surface area contributed by atoms with E-state index in [-0.39, 0.29) is 18.4 Å². The van der Waals surface area contributed by atoms with Gasteiger partial charge in [-0.15, -0.1) is 0 Å². The molecule has 0 saturated carbocycles. The van der Waals surface area contributed by atoms with Crippen LogP contribution in [-0.2, 0) is 23.1 Å². The summed E-state index contributed by atoms with van der Waals surface area (Å²) in [5, 5.41) is 9.46. The Morgan fingerprint density at radius 1 is 1.25 bits per heavy atom. The lowest BCUT2D eigenvalue weighted by molar-refractivity contribution is -0.131. The molecule has 1 aromatic heterocycles. The minimum absolute atomic E-state index is 0.102. The molecular weight excluding hydrogens is 507 g/mol. The molecular formula is C31H35FN6O2. The molecule has 2 fully saturated rings. The topological polar surface area (TPSA) is 85.6 Å². The van der Waals surface area contributed by atoms with Gasteiger partial charge in [-0.3, -0.25) is 4.79 Å². The lowest BCUT2D eigenvalue weighted by Gasteiger charge is -2.42. The Morgan fingerprint density at radius 3 is 2.88 bits per heavy atom. The van der Waals surface area contributed by atoms with Gasteiger partial charge in [0.1, 0.15) is 12.4 Å². The second-order valence-corrected chi connectivity index (χ2v) is 11.5. The highest BCUT2D eigenvalue weighted by atomic mass is 19.1. The zero-order valence-electron chi connectivity index (χ0n) is 23.0. The normalized spacial score (nSPS) is 25.5. The molecule has 1 aromatic carbocycles. The van der Waals surface area contributed by atoms with Crippen molar-refractivity contribution in [2.45, 2.75) is 56.0 Å². The monoisotopic (exact) mass is 542 g/mol. The fraction of sp³-hybridized carbons (Fsp3) is 0.484. The lowest BCUT2D eigenvalue weighted by atomic mass is 9.70. The lowest BCUT2D eigenvalue weighted by Crippen LogP contribution is -2.55. The number of nitrogens with zero attached hydrogens (tertiary/aromatic N) is 6. The molecule has 2 aromatic rings. The average molecular weight is 543 g/mol. The molecule has 0 N–H and O–H groups in total. The van der Waals surface area contributed by atoms with Crippen LogP contribution in [0.5, 0.6) is 6.01 Å². The predicted molar refractivity (Wildman–Crippen MR) is 151 cm³/mol. The summed E-state index contributed by atoms with van der Waals surface area (Å²) >= 11 is 0. The first-order valence-corrected chi connectivity index (χ1v) is 14.2. The van der Waals surface area contributed by atoms with Gasteiger partial charge in [0.15, 0.2) is 5.83 Å². The molecule has 0 bridgehead atoms. The van der Waals surface area contributed by atoms with E-state index < -0.39 is 17.8 Å². The molecule has 1 spiro atoms. The maximum absolute atomic E-state index is 13.8. The number of likely N-dealkylation sites (N-methyl/N-ethyl adjacent to an activating group) is 1. The van der Waals surface area contributed by atoms with E-state index in [9.17, 15) is 14.4 Å². The molecule has 4 aliphatic rings. The number of hydrogen-bond donors (Lipinski definition) is 0. The number of fused-ring (bicyclic) bond motifs is 3. The molecule has 0 radical (unpaired) electrons. The van der Waals surface area contributed by atoms with Crippen LogP contribution in [0.2, 0.25) is 0 Å². The summed E-state index contributed by atoms with van der Waals surface area (Å²) in [6, 6.07) is 11.0. The highest BCUT2D eigenvalue weighted by molar-refractivity contribution is 5.91.